The molecular weight excluding hydrogens is 312 g/mol. The average Bonchev–Trinajstić information content (AvgIpc) is 3.09. The zero-order valence-electron chi connectivity index (χ0n) is 14.4. The van der Waals surface area contributed by atoms with Gasteiger partial charge in [-0.1, -0.05) is 6.07 Å². The summed E-state index contributed by atoms with van der Waals surface area (Å²) in [6.45, 7) is 4.98. The van der Waals surface area contributed by atoms with Gasteiger partial charge in [-0.15, -0.1) is 0 Å². The zero-order chi connectivity index (χ0) is 17.1. The molecule has 0 aromatic carbocycles. The standard InChI is InChI=1S/C19H22N6/c1-15-21-8-10-25(15)19-12-20-11-18(23-19)16-5-4-9-24(13-16)14-17-6-2-3-7-22-17/h2-3,6-8,10-12,16H,4-5,9,13-14H2,1H3/t16-/m1/s1. The SMILES string of the molecule is Cc1nccn1-c1cncc([C@@H]2CCCN(Cc3ccccn3)C2)n1. The molecule has 1 aliphatic heterocycles. The quantitative estimate of drug-likeness (QED) is 0.734. The topological polar surface area (TPSA) is 59.7 Å². The van der Waals surface area contributed by atoms with E-state index in [1.807, 2.05) is 42.2 Å². The van der Waals surface area contributed by atoms with Crippen molar-refractivity contribution in [3.05, 3.63) is 66.4 Å². The number of aromatic nitrogens is 5. The van der Waals surface area contributed by atoms with Crippen molar-refractivity contribution in [2.75, 3.05) is 13.1 Å². The maximum Gasteiger partial charge on any atom is 0.156 e. The monoisotopic (exact) mass is 334 g/mol. The van der Waals surface area contributed by atoms with Crippen molar-refractivity contribution in [1.29, 1.82) is 0 Å². The fourth-order valence-electron chi connectivity index (χ4n) is 3.46. The normalized spacial score (nSPS) is 18.4. The molecule has 6 nitrogen and oxygen atoms in total. The summed E-state index contributed by atoms with van der Waals surface area (Å²) in [5.74, 6) is 2.18. The lowest BCUT2D eigenvalue weighted by Crippen LogP contribution is -2.34. The summed E-state index contributed by atoms with van der Waals surface area (Å²) in [6, 6.07) is 6.10. The molecule has 128 valence electrons. The van der Waals surface area contributed by atoms with Crippen molar-refractivity contribution >= 4 is 0 Å². The number of hydrogen-bond acceptors (Lipinski definition) is 5. The summed E-state index contributed by atoms with van der Waals surface area (Å²) in [7, 11) is 0. The maximum atomic E-state index is 4.86. The van der Waals surface area contributed by atoms with Crippen molar-refractivity contribution in [3.63, 3.8) is 0 Å². The largest absolute Gasteiger partial charge is 0.297 e. The van der Waals surface area contributed by atoms with Gasteiger partial charge in [0.05, 0.1) is 17.6 Å². The Kier molecular flexibility index (Phi) is 4.52. The third kappa shape index (κ3) is 3.58. The van der Waals surface area contributed by atoms with Crippen LogP contribution < -0.4 is 0 Å². The molecule has 0 radical (unpaired) electrons. The molecule has 1 atom stereocenters. The molecule has 0 amide bonds. The van der Waals surface area contributed by atoms with Crippen molar-refractivity contribution in [2.24, 2.45) is 0 Å². The van der Waals surface area contributed by atoms with Gasteiger partial charge in [0.2, 0.25) is 0 Å². The second-order valence-corrected chi connectivity index (χ2v) is 6.54. The second kappa shape index (κ2) is 7.11. The van der Waals surface area contributed by atoms with Crippen LogP contribution in [0, 0.1) is 6.92 Å². The number of hydrogen-bond donors (Lipinski definition) is 0. The Morgan fingerprint density at radius 2 is 2.12 bits per heavy atom. The average molecular weight is 334 g/mol. The van der Waals surface area contributed by atoms with E-state index in [1.54, 1.807) is 12.4 Å². The van der Waals surface area contributed by atoms with Crippen molar-refractivity contribution in [1.82, 2.24) is 29.4 Å². The molecule has 3 aromatic heterocycles. The van der Waals surface area contributed by atoms with Crippen LogP contribution in [0.5, 0.6) is 0 Å². The number of aryl methyl sites for hydroxylation is 1. The molecule has 25 heavy (non-hydrogen) atoms. The number of nitrogens with zero attached hydrogens (tertiary/aromatic N) is 6. The Balaban J connectivity index is 1.51. The first kappa shape index (κ1) is 15.9. The Labute approximate surface area is 147 Å². The summed E-state index contributed by atoms with van der Waals surface area (Å²) in [6.07, 6.45) is 11.6. The first-order chi connectivity index (χ1) is 12.3. The van der Waals surface area contributed by atoms with E-state index in [9.17, 15) is 0 Å². The minimum absolute atomic E-state index is 0.411. The third-order valence-electron chi connectivity index (χ3n) is 4.75. The summed E-state index contributed by atoms with van der Waals surface area (Å²) < 4.78 is 1.98. The Hall–Kier alpha value is -2.60. The minimum atomic E-state index is 0.411. The fourth-order valence-corrected chi connectivity index (χ4v) is 3.46. The molecule has 0 spiro atoms. The first-order valence-electron chi connectivity index (χ1n) is 8.74. The maximum absolute atomic E-state index is 4.86. The van der Waals surface area contributed by atoms with Gasteiger partial charge in [-0.25, -0.2) is 9.97 Å². The van der Waals surface area contributed by atoms with Crippen LogP contribution in [0.15, 0.2) is 49.2 Å². The van der Waals surface area contributed by atoms with Crippen LogP contribution in [0.1, 0.15) is 36.0 Å². The Bertz CT molecular complexity index is 829. The van der Waals surface area contributed by atoms with Gasteiger partial charge in [-0.2, -0.15) is 0 Å². The van der Waals surface area contributed by atoms with Crippen LogP contribution in [0.3, 0.4) is 0 Å². The Morgan fingerprint density at radius 3 is 2.92 bits per heavy atom. The number of piperidine rings is 1. The van der Waals surface area contributed by atoms with Gasteiger partial charge in [0.1, 0.15) is 5.82 Å². The van der Waals surface area contributed by atoms with Crippen molar-refractivity contribution < 1.29 is 0 Å². The predicted molar refractivity (Wildman–Crippen MR) is 95.4 cm³/mol. The summed E-state index contributed by atoms with van der Waals surface area (Å²) in [5.41, 5.74) is 2.19. The first-order valence-corrected chi connectivity index (χ1v) is 8.74. The molecule has 0 bridgehead atoms. The number of imidazole rings is 1. The van der Waals surface area contributed by atoms with E-state index in [1.165, 1.54) is 6.42 Å². The van der Waals surface area contributed by atoms with E-state index in [-0.39, 0.29) is 0 Å². The molecule has 1 aliphatic rings. The van der Waals surface area contributed by atoms with E-state index in [0.717, 1.165) is 49.1 Å². The number of rotatable bonds is 4. The molecule has 0 saturated carbocycles. The van der Waals surface area contributed by atoms with Crippen molar-refractivity contribution in [3.8, 4) is 5.82 Å². The van der Waals surface area contributed by atoms with Gasteiger partial charge < -0.3 is 0 Å². The van der Waals surface area contributed by atoms with E-state index in [2.05, 4.69) is 25.9 Å². The molecule has 6 heteroatoms. The Morgan fingerprint density at radius 1 is 1.16 bits per heavy atom. The molecule has 4 rings (SSSR count). The second-order valence-electron chi connectivity index (χ2n) is 6.54. The lowest BCUT2D eigenvalue weighted by molar-refractivity contribution is 0.196. The molecule has 1 saturated heterocycles. The predicted octanol–water partition coefficient (Wildman–Crippen LogP) is 2.75. The molecule has 4 heterocycles. The van der Waals surface area contributed by atoms with Crippen LogP contribution in [-0.2, 0) is 6.54 Å². The summed E-state index contributed by atoms with van der Waals surface area (Å²) in [5, 5.41) is 0. The number of likely N-dealkylation sites (tertiary alicyclic amines) is 1. The molecular formula is C19H22N6. The van der Waals surface area contributed by atoms with Gasteiger partial charge in [-0.3, -0.25) is 19.4 Å². The van der Waals surface area contributed by atoms with Gasteiger partial charge in [0.15, 0.2) is 5.82 Å². The van der Waals surface area contributed by atoms with Crippen LogP contribution in [0.25, 0.3) is 5.82 Å². The molecule has 1 fully saturated rings. The van der Waals surface area contributed by atoms with Crippen LogP contribution >= 0.6 is 0 Å². The van der Waals surface area contributed by atoms with E-state index in [0.29, 0.717) is 5.92 Å². The van der Waals surface area contributed by atoms with E-state index < -0.39 is 0 Å². The van der Waals surface area contributed by atoms with E-state index in [4.69, 9.17) is 4.98 Å². The highest BCUT2D eigenvalue weighted by Gasteiger charge is 2.23. The van der Waals surface area contributed by atoms with Crippen LogP contribution in [0.2, 0.25) is 0 Å². The highest BCUT2D eigenvalue weighted by Crippen LogP contribution is 2.26. The zero-order valence-corrected chi connectivity index (χ0v) is 14.4. The highest BCUT2D eigenvalue weighted by molar-refractivity contribution is 5.24. The summed E-state index contributed by atoms with van der Waals surface area (Å²) >= 11 is 0. The summed E-state index contributed by atoms with van der Waals surface area (Å²) in [4.78, 5) is 20.5. The van der Waals surface area contributed by atoms with Gasteiger partial charge in [0.25, 0.3) is 0 Å². The minimum Gasteiger partial charge on any atom is -0.297 e. The van der Waals surface area contributed by atoms with Gasteiger partial charge in [-0.05, 0) is 38.4 Å². The lowest BCUT2D eigenvalue weighted by atomic mass is 9.95. The van der Waals surface area contributed by atoms with Crippen molar-refractivity contribution in [2.45, 2.75) is 32.2 Å². The van der Waals surface area contributed by atoms with Gasteiger partial charge >= 0.3 is 0 Å². The van der Waals surface area contributed by atoms with E-state index >= 15 is 0 Å². The number of pyridine rings is 1. The molecule has 0 aliphatic carbocycles. The highest BCUT2D eigenvalue weighted by atomic mass is 15.2. The smallest absolute Gasteiger partial charge is 0.156 e. The third-order valence-corrected chi connectivity index (χ3v) is 4.75. The fraction of sp³-hybridized carbons (Fsp3) is 0.368. The van der Waals surface area contributed by atoms with Crippen LogP contribution in [0.4, 0.5) is 0 Å². The molecule has 0 N–H and O–H groups in total. The molecule has 0 unspecified atom stereocenters. The lowest BCUT2D eigenvalue weighted by Gasteiger charge is -2.32. The molecule has 3 aromatic rings. The van der Waals surface area contributed by atoms with Crippen LogP contribution in [-0.4, -0.2) is 42.5 Å². The van der Waals surface area contributed by atoms with Gasteiger partial charge in [0, 0.05) is 43.8 Å².